The lowest BCUT2D eigenvalue weighted by atomic mass is 9.80. The summed E-state index contributed by atoms with van der Waals surface area (Å²) in [5.74, 6) is 0.591. The van der Waals surface area contributed by atoms with Crippen molar-refractivity contribution >= 4 is 12.1 Å². The normalized spacial score (nSPS) is 46.8. The molecule has 72 valence electrons. The molecule has 0 aromatic heterocycles. The fraction of sp³-hybridized carbons (Fsp3) is 0.818. The van der Waals surface area contributed by atoms with E-state index in [1.54, 1.807) is 0 Å². The number of aldehydes is 1. The molecule has 2 nitrogen and oxygen atoms in total. The molecule has 2 heteroatoms. The molecule has 0 bridgehead atoms. The van der Waals surface area contributed by atoms with Crippen LogP contribution in [0.15, 0.2) is 0 Å². The number of carbonyl (C=O) groups excluding carboxylic acids is 2. The van der Waals surface area contributed by atoms with Gasteiger partial charge in [0.05, 0.1) is 5.41 Å². The second-order valence-electron chi connectivity index (χ2n) is 5.10. The van der Waals surface area contributed by atoms with Crippen LogP contribution in [0.2, 0.25) is 0 Å². The van der Waals surface area contributed by atoms with Gasteiger partial charge >= 0.3 is 0 Å². The summed E-state index contributed by atoms with van der Waals surface area (Å²) in [5, 5.41) is 0. The molecular weight excluding hydrogens is 164 g/mol. The lowest BCUT2D eigenvalue weighted by molar-refractivity contribution is -0.135. The van der Waals surface area contributed by atoms with E-state index in [0.717, 1.165) is 19.1 Å². The van der Waals surface area contributed by atoms with Gasteiger partial charge in [0.2, 0.25) is 0 Å². The SMILES string of the molecule is CC1CCC2C(C)(C)C2(C=O)C1=O. The van der Waals surface area contributed by atoms with E-state index in [1.165, 1.54) is 0 Å². The van der Waals surface area contributed by atoms with Crippen LogP contribution in [-0.2, 0) is 9.59 Å². The van der Waals surface area contributed by atoms with Crippen molar-refractivity contribution < 1.29 is 9.59 Å². The van der Waals surface area contributed by atoms with Crippen molar-refractivity contribution in [3.63, 3.8) is 0 Å². The van der Waals surface area contributed by atoms with Gasteiger partial charge in [-0.3, -0.25) is 4.79 Å². The van der Waals surface area contributed by atoms with Gasteiger partial charge in [-0.05, 0) is 24.2 Å². The Morgan fingerprint density at radius 1 is 1.38 bits per heavy atom. The highest BCUT2D eigenvalue weighted by Crippen LogP contribution is 2.72. The van der Waals surface area contributed by atoms with E-state index in [2.05, 4.69) is 0 Å². The summed E-state index contributed by atoms with van der Waals surface area (Å²) in [5.41, 5.74) is -0.679. The molecular formula is C11H16O2. The Balaban J connectivity index is 2.40. The maximum Gasteiger partial charge on any atom is 0.149 e. The van der Waals surface area contributed by atoms with Crippen molar-refractivity contribution in [3.05, 3.63) is 0 Å². The van der Waals surface area contributed by atoms with Crippen LogP contribution in [0, 0.1) is 22.7 Å². The maximum atomic E-state index is 11.9. The summed E-state index contributed by atoms with van der Waals surface area (Å²) < 4.78 is 0. The molecule has 0 heterocycles. The van der Waals surface area contributed by atoms with Crippen LogP contribution in [0.3, 0.4) is 0 Å². The fourth-order valence-electron chi connectivity index (χ4n) is 3.23. The predicted molar refractivity (Wildman–Crippen MR) is 49.2 cm³/mol. The number of hydrogen-bond donors (Lipinski definition) is 0. The lowest BCUT2D eigenvalue weighted by Gasteiger charge is -2.21. The Labute approximate surface area is 78.7 Å². The third-order valence-electron chi connectivity index (χ3n) is 4.33. The van der Waals surface area contributed by atoms with E-state index < -0.39 is 5.41 Å². The summed E-state index contributed by atoms with van der Waals surface area (Å²) in [6.45, 7) is 6.03. The third-order valence-corrected chi connectivity index (χ3v) is 4.33. The molecule has 0 spiro atoms. The summed E-state index contributed by atoms with van der Waals surface area (Å²) >= 11 is 0. The molecule has 2 saturated carbocycles. The zero-order valence-electron chi connectivity index (χ0n) is 8.46. The first-order valence-electron chi connectivity index (χ1n) is 4.99. The van der Waals surface area contributed by atoms with Crippen LogP contribution in [-0.4, -0.2) is 12.1 Å². The molecule has 0 aromatic carbocycles. The van der Waals surface area contributed by atoms with E-state index >= 15 is 0 Å². The molecule has 2 fully saturated rings. The van der Waals surface area contributed by atoms with Crippen molar-refractivity contribution in [2.24, 2.45) is 22.7 Å². The minimum absolute atomic E-state index is 0.0728. The molecule has 0 saturated heterocycles. The van der Waals surface area contributed by atoms with E-state index in [4.69, 9.17) is 0 Å². The second-order valence-corrected chi connectivity index (χ2v) is 5.10. The molecule has 0 aromatic rings. The monoisotopic (exact) mass is 180 g/mol. The molecule has 0 radical (unpaired) electrons. The number of fused-ring (bicyclic) bond motifs is 1. The Hall–Kier alpha value is -0.660. The summed E-state index contributed by atoms with van der Waals surface area (Å²) in [4.78, 5) is 23.0. The van der Waals surface area contributed by atoms with E-state index in [1.807, 2.05) is 20.8 Å². The number of hydrogen-bond acceptors (Lipinski definition) is 2. The smallest absolute Gasteiger partial charge is 0.149 e. The molecule has 2 aliphatic rings. The molecule has 0 aliphatic heterocycles. The number of rotatable bonds is 1. The Kier molecular flexibility index (Phi) is 1.53. The van der Waals surface area contributed by atoms with E-state index in [9.17, 15) is 9.59 Å². The summed E-state index contributed by atoms with van der Waals surface area (Å²) in [6.07, 6.45) is 2.91. The topological polar surface area (TPSA) is 34.1 Å². The fourth-order valence-corrected chi connectivity index (χ4v) is 3.23. The molecule has 13 heavy (non-hydrogen) atoms. The standard InChI is InChI=1S/C11H16O2/c1-7-4-5-8-10(2,3)11(8,6-12)9(7)13/h6-8H,4-5H2,1-3H3. The van der Waals surface area contributed by atoms with Crippen molar-refractivity contribution in [1.29, 1.82) is 0 Å². The average Bonchev–Trinajstić information content (AvgIpc) is 2.58. The largest absolute Gasteiger partial charge is 0.302 e. The molecule has 0 amide bonds. The van der Waals surface area contributed by atoms with Crippen molar-refractivity contribution in [3.8, 4) is 0 Å². The third kappa shape index (κ3) is 0.749. The van der Waals surface area contributed by atoms with Crippen LogP contribution >= 0.6 is 0 Å². The highest BCUT2D eigenvalue weighted by Gasteiger charge is 2.76. The van der Waals surface area contributed by atoms with Gasteiger partial charge in [0.25, 0.3) is 0 Å². The Morgan fingerprint density at radius 2 is 2.00 bits per heavy atom. The molecule has 2 rings (SSSR count). The van der Waals surface area contributed by atoms with E-state index in [-0.39, 0.29) is 17.1 Å². The van der Waals surface area contributed by atoms with E-state index in [0.29, 0.717) is 5.92 Å². The maximum absolute atomic E-state index is 11.9. The number of ketones is 1. The molecule has 2 aliphatic carbocycles. The Morgan fingerprint density at radius 3 is 2.46 bits per heavy atom. The minimum Gasteiger partial charge on any atom is -0.302 e. The van der Waals surface area contributed by atoms with Gasteiger partial charge in [-0.25, -0.2) is 0 Å². The highest BCUT2D eigenvalue weighted by molar-refractivity contribution is 6.05. The van der Waals surface area contributed by atoms with Gasteiger partial charge < -0.3 is 4.79 Å². The molecule has 3 atom stereocenters. The van der Waals surface area contributed by atoms with Crippen molar-refractivity contribution in [2.75, 3.05) is 0 Å². The molecule has 0 N–H and O–H groups in total. The van der Waals surface area contributed by atoms with Crippen LogP contribution in [0.1, 0.15) is 33.6 Å². The van der Waals surface area contributed by atoms with Gasteiger partial charge in [-0.1, -0.05) is 20.8 Å². The lowest BCUT2D eigenvalue weighted by Crippen LogP contribution is -2.31. The number of Topliss-reactive ketones (excluding diaryl/α,β-unsaturated/α-hetero) is 1. The summed E-state index contributed by atoms with van der Waals surface area (Å²) in [7, 11) is 0. The van der Waals surface area contributed by atoms with Crippen molar-refractivity contribution in [1.82, 2.24) is 0 Å². The minimum atomic E-state index is -0.606. The first-order valence-corrected chi connectivity index (χ1v) is 4.99. The van der Waals surface area contributed by atoms with Gasteiger partial charge in [0, 0.05) is 5.92 Å². The average molecular weight is 180 g/mol. The van der Waals surface area contributed by atoms with Gasteiger partial charge in [0.15, 0.2) is 0 Å². The van der Waals surface area contributed by atoms with Crippen LogP contribution in [0.25, 0.3) is 0 Å². The highest BCUT2D eigenvalue weighted by atomic mass is 16.1. The van der Waals surface area contributed by atoms with Crippen molar-refractivity contribution in [2.45, 2.75) is 33.6 Å². The first-order chi connectivity index (χ1) is 5.98. The zero-order valence-corrected chi connectivity index (χ0v) is 8.46. The quantitative estimate of drug-likeness (QED) is 0.455. The van der Waals surface area contributed by atoms with Gasteiger partial charge in [-0.15, -0.1) is 0 Å². The zero-order chi connectivity index (χ0) is 9.85. The van der Waals surface area contributed by atoms with Crippen LogP contribution in [0.5, 0.6) is 0 Å². The second kappa shape index (κ2) is 2.23. The first kappa shape index (κ1) is 8.92. The van der Waals surface area contributed by atoms with Gasteiger partial charge in [-0.2, -0.15) is 0 Å². The Bertz CT molecular complexity index is 280. The summed E-state index contributed by atoms with van der Waals surface area (Å²) in [6, 6.07) is 0. The van der Waals surface area contributed by atoms with Crippen LogP contribution in [0.4, 0.5) is 0 Å². The number of carbonyl (C=O) groups is 2. The van der Waals surface area contributed by atoms with Gasteiger partial charge in [0.1, 0.15) is 12.1 Å². The van der Waals surface area contributed by atoms with Crippen LogP contribution < -0.4 is 0 Å². The predicted octanol–water partition coefficient (Wildman–Crippen LogP) is 1.83. The molecule has 3 unspecified atom stereocenters.